The lowest BCUT2D eigenvalue weighted by Gasteiger charge is -2.09. The maximum atomic E-state index is 13.1. The minimum atomic E-state index is -0.289. The van der Waals surface area contributed by atoms with Gasteiger partial charge in [0.25, 0.3) is 0 Å². The Morgan fingerprint density at radius 3 is 2.50 bits per heavy atom. The monoisotopic (exact) mass is 316 g/mol. The Morgan fingerprint density at radius 2 is 1.82 bits per heavy atom. The fourth-order valence-electron chi connectivity index (χ4n) is 2.31. The number of nitrogens with two attached hydrogens (primary N) is 1. The van der Waals surface area contributed by atoms with E-state index in [9.17, 15) is 4.39 Å². The van der Waals surface area contributed by atoms with Gasteiger partial charge in [0, 0.05) is 17.1 Å². The molecular formula is C16H14ClFN4. The van der Waals surface area contributed by atoms with Crippen molar-refractivity contribution in [1.82, 2.24) is 15.0 Å². The largest absolute Gasteiger partial charge is 0.325 e. The predicted molar refractivity (Wildman–Crippen MR) is 83.9 cm³/mol. The third kappa shape index (κ3) is 2.86. The van der Waals surface area contributed by atoms with E-state index >= 15 is 0 Å². The summed E-state index contributed by atoms with van der Waals surface area (Å²) >= 11 is 6.20. The third-order valence-electron chi connectivity index (χ3n) is 3.39. The highest BCUT2D eigenvalue weighted by Gasteiger charge is 2.15. The van der Waals surface area contributed by atoms with Gasteiger partial charge in [-0.05, 0) is 35.9 Å². The maximum absolute atomic E-state index is 13.1. The molecule has 0 amide bonds. The van der Waals surface area contributed by atoms with Crippen LogP contribution in [0.3, 0.4) is 0 Å². The van der Waals surface area contributed by atoms with Crippen LogP contribution in [0.1, 0.15) is 11.3 Å². The molecular weight excluding hydrogens is 303 g/mol. The van der Waals surface area contributed by atoms with Crippen molar-refractivity contribution in [2.45, 2.75) is 13.1 Å². The van der Waals surface area contributed by atoms with E-state index in [1.807, 2.05) is 24.3 Å². The topological polar surface area (TPSA) is 56.7 Å². The molecule has 2 aromatic carbocycles. The van der Waals surface area contributed by atoms with Crippen molar-refractivity contribution in [1.29, 1.82) is 0 Å². The molecule has 1 heterocycles. The van der Waals surface area contributed by atoms with Crippen molar-refractivity contribution in [3.05, 3.63) is 70.6 Å². The molecule has 0 saturated carbocycles. The van der Waals surface area contributed by atoms with E-state index in [0.717, 1.165) is 16.8 Å². The Morgan fingerprint density at radius 1 is 1.09 bits per heavy atom. The minimum Gasteiger partial charge on any atom is -0.325 e. The number of hydrogen-bond donors (Lipinski definition) is 1. The number of nitrogens with zero attached hydrogens (tertiary/aromatic N) is 3. The molecule has 3 aromatic rings. The summed E-state index contributed by atoms with van der Waals surface area (Å²) in [6.45, 7) is 0.731. The molecule has 0 fully saturated rings. The van der Waals surface area contributed by atoms with E-state index in [4.69, 9.17) is 17.3 Å². The van der Waals surface area contributed by atoms with Crippen LogP contribution in [-0.2, 0) is 13.1 Å². The van der Waals surface area contributed by atoms with E-state index in [1.54, 1.807) is 16.8 Å². The number of halogens is 2. The zero-order valence-electron chi connectivity index (χ0n) is 11.7. The van der Waals surface area contributed by atoms with Crippen LogP contribution in [0.4, 0.5) is 4.39 Å². The van der Waals surface area contributed by atoms with Crippen molar-refractivity contribution in [2.75, 3.05) is 0 Å². The number of aromatic nitrogens is 3. The molecule has 6 heteroatoms. The summed E-state index contributed by atoms with van der Waals surface area (Å²) in [6, 6.07) is 13.7. The molecule has 2 N–H and O–H groups in total. The van der Waals surface area contributed by atoms with Crippen molar-refractivity contribution < 1.29 is 4.39 Å². The predicted octanol–water partition coefficient (Wildman–Crippen LogP) is 3.24. The molecule has 3 rings (SSSR count). The average molecular weight is 317 g/mol. The lowest BCUT2D eigenvalue weighted by molar-refractivity contribution is 0.627. The third-order valence-corrected chi connectivity index (χ3v) is 3.76. The van der Waals surface area contributed by atoms with Crippen LogP contribution in [0.5, 0.6) is 0 Å². The van der Waals surface area contributed by atoms with Gasteiger partial charge in [0.2, 0.25) is 0 Å². The fourth-order valence-corrected chi connectivity index (χ4v) is 2.50. The first-order chi connectivity index (χ1) is 10.7. The van der Waals surface area contributed by atoms with Crippen LogP contribution in [0, 0.1) is 5.82 Å². The van der Waals surface area contributed by atoms with Crippen LogP contribution in [-0.4, -0.2) is 15.0 Å². The van der Waals surface area contributed by atoms with Crippen molar-refractivity contribution >= 4 is 11.6 Å². The van der Waals surface area contributed by atoms with Gasteiger partial charge >= 0.3 is 0 Å². The summed E-state index contributed by atoms with van der Waals surface area (Å²) < 4.78 is 14.9. The summed E-state index contributed by atoms with van der Waals surface area (Å²) in [6.07, 6.45) is 0. The van der Waals surface area contributed by atoms with Gasteiger partial charge in [0.15, 0.2) is 0 Å². The molecule has 22 heavy (non-hydrogen) atoms. The molecule has 1 aromatic heterocycles. The molecule has 0 saturated heterocycles. The zero-order chi connectivity index (χ0) is 15.5. The number of benzene rings is 2. The quantitative estimate of drug-likeness (QED) is 0.804. The normalized spacial score (nSPS) is 10.9. The second-order valence-electron chi connectivity index (χ2n) is 4.84. The molecule has 112 valence electrons. The van der Waals surface area contributed by atoms with E-state index in [-0.39, 0.29) is 12.4 Å². The Labute approximate surface area is 132 Å². The maximum Gasteiger partial charge on any atom is 0.123 e. The highest BCUT2D eigenvalue weighted by molar-refractivity contribution is 6.31. The Balaban J connectivity index is 2.04. The molecule has 0 spiro atoms. The summed E-state index contributed by atoms with van der Waals surface area (Å²) in [5.41, 5.74) is 8.93. The van der Waals surface area contributed by atoms with E-state index < -0.39 is 0 Å². The van der Waals surface area contributed by atoms with Gasteiger partial charge in [0.1, 0.15) is 11.5 Å². The van der Waals surface area contributed by atoms with Gasteiger partial charge in [-0.25, -0.2) is 9.07 Å². The van der Waals surface area contributed by atoms with Crippen molar-refractivity contribution in [2.24, 2.45) is 5.73 Å². The van der Waals surface area contributed by atoms with E-state index in [0.29, 0.717) is 17.3 Å². The Kier molecular flexibility index (Phi) is 4.18. The summed E-state index contributed by atoms with van der Waals surface area (Å²) in [7, 11) is 0. The molecule has 0 unspecified atom stereocenters. The molecule has 0 radical (unpaired) electrons. The van der Waals surface area contributed by atoms with Crippen LogP contribution < -0.4 is 5.73 Å². The first kappa shape index (κ1) is 14.7. The van der Waals surface area contributed by atoms with Gasteiger partial charge in [-0.2, -0.15) is 0 Å². The van der Waals surface area contributed by atoms with Crippen LogP contribution in [0.2, 0.25) is 5.02 Å². The molecule has 0 atom stereocenters. The molecule has 0 aliphatic rings. The lowest BCUT2D eigenvalue weighted by Crippen LogP contribution is -2.06. The first-order valence-electron chi connectivity index (χ1n) is 6.81. The standard InChI is InChI=1S/C16H14ClFN4/c17-14-4-2-1-3-12(14)10-22-16(15(9-19)20-21-22)11-5-7-13(18)8-6-11/h1-8H,9-10,19H2. The molecule has 0 bridgehead atoms. The second-order valence-corrected chi connectivity index (χ2v) is 5.25. The Bertz CT molecular complexity index is 783. The summed E-state index contributed by atoms with van der Waals surface area (Å²) in [4.78, 5) is 0. The average Bonchev–Trinajstić information content (AvgIpc) is 2.93. The van der Waals surface area contributed by atoms with E-state index in [1.165, 1.54) is 12.1 Å². The summed E-state index contributed by atoms with van der Waals surface area (Å²) in [5, 5.41) is 8.93. The molecule has 0 aliphatic carbocycles. The first-order valence-corrected chi connectivity index (χ1v) is 7.18. The van der Waals surface area contributed by atoms with Gasteiger partial charge in [-0.3, -0.25) is 0 Å². The van der Waals surface area contributed by atoms with Gasteiger partial charge < -0.3 is 5.73 Å². The van der Waals surface area contributed by atoms with Gasteiger partial charge in [0.05, 0.1) is 12.2 Å². The highest BCUT2D eigenvalue weighted by atomic mass is 35.5. The SMILES string of the molecule is NCc1nnn(Cc2ccccc2Cl)c1-c1ccc(F)cc1. The van der Waals surface area contributed by atoms with Crippen LogP contribution in [0.25, 0.3) is 11.3 Å². The smallest absolute Gasteiger partial charge is 0.123 e. The second kappa shape index (κ2) is 6.25. The lowest BCUT2D eigenvalue weighted by atomic mass is 10.1. The molecule has 0 aliphatic heterocycles. The number of hydrogen-bond acceptors (Lipinski definition) is 3. The van der Waals surface area contributed by atoms with Crippen LogP contribution in [0.15, 0.2) is 48.5 Å². The zero-order valence-corrected chi connectivity index (χ0v) is 12.5. The minimum absolute atomic E-state index is 0.259. The van der Waals surface area contributed by atoms with Gasteiger partial charge in [-0.1, -0.05) is 35.0 Å². The number of rotatable bonds is 4. The van der Waals surface area contributed by atoms with E-state index in [2.05, 4.69) is 10.3 Å². The highest BCUT2D eigenvalue weighted by Crippen LogP contribution is 2.24. The van der Waals surface area contributed by atoms with Crippen molar-refractivity contribution in [3.8, 4) is 11.3 Å². The van der Waals surface area contributed by atoms with Crippen LogP contribution >= 0.6 is 11.6 Å². The summed E-state index contributed by atoms with van der Waals surface area (Å²) in [5.74, 6) is -0.289. The molecule has 4 nitrogen and oxygen atoms in total. The fraction of sp³-hybridized carbons (Fsp3) is 0.125. The van der Waals surface area contributed by atoms with Gasteiger partial charge in [-0.15, -0.1) is 5.10 Å². The van der Waals surface area contributed by atoms with Crippen molar-refractivity contribution in [3.63, 3.8) is 0 Å². The Hall–Kier alpha value is -2.24.